The number of benzene rings is 3. The minimum absolute atomic E-state index is 0.154. The molecule has 4 aromatic rings. The zero-order valence-corrected chi connectivity index (χ0v) is 16.8. The molecule has 4 rings (SSSR count). The maximum atomic E-state index is 12.6. The zero-order valence-electron chi connectivity index (χ0n) is 15.3. The average Bonchev–Trinajstić information content (AvgIpc) is 3.12. The van der Waals surface area contributed by atoms with Crippen LogP contribution < -0.4 is 5.32 Å². The lowest BCUT2D eigenvalue weighted by atomic mass is 10.1. The number of nitrogens with zero attached hydrogens (tertiary/aromatic N) is 2. The number of hydrogen-bond donors (Lipinski definition) is 1. The van der Waals surface area contributed by atoms with E-state index in [-0.39, 0.29) is 5.91 Å². The molecule has 1 heterocycles. The largest absolute Gasteiger partial charge is 0.321 e. The number of amides is 1. The van der Waals surface area contributed by atoms with Gasteiger partial charge in [0.2, 0.25) is 0 Å². The molecule has 0 unspecified atom stereocenters. The molecule has 5 heteroatoms. The van der Waals surface area contributed by atoms with Crippen LogP contribution in [0.3, 0.4) is 0 Å². The van der Waals surface area contributed by atoms with E-state index in [4.69, 9.17) is 0 Å². The van der Waals surface area contributed by atoms with Crippen molar-refractivity contribution in [1.29, 1.82) is 0 Å². The molecule has 138 valence electrons. The molecule has 3 aromatic carbocycles. The molecule has 1 aromatic heterocycles. The Bertz CT molecular complexity index is 1120. The highest BCUT2D eigenvalue weighted by molar-refractivity contribution is 9.10. The number of aromatic nitrogens is 2. The van der Waals surface area contributed by atoms with Crippen molar-refractivity contribution in [3.63, 3.8) is 0 Å². The Morgan fingerprint density at radius 3 is 2.32 bits per heavy atom. The minimum Gasteiger partial charge on any atom is -0.321 e. The highest BCUT2D eigenvalue weighted by Crippen LogP contribution is 2.25. The molecule has 28 heavy (non-hydrogen) atoms. The van der Waals surface area contributed by atoms with Crippen molar-refractivity contribution in [1.82, 2.24) is 9.78 Å². The topological polar surface area (TPSA) is 46.9 Å². The molecule has 0 spiro atoms. The van der Waals surface area contributed by atoms with Crippen LogP contribution >= 0.6 is 15.9 Å². The smallest absolute Gasteiger partial charge is 0.255 e. The number of para-hydroxylation sites is 1. The Morgan fingerprint density at radius 2 is 1.61 bits per heavy atom. The van der Waals surface area contributed by atoms with Crippen LogP contribution in [-0.2, 0) is 0 Å². The first-order chi connectivity index (χ1) is 13.6. The van der Waals surface area contributed by atoms with Crippen LogP contribution in [0.2, 0.25) is 0 Å². The van der Waals surface area contributed by atoms with E-state index in [0.717, 1.165) is 32.8 Å². The number of halogens is 1. The molecule has 0 fully saturated rings. The number of aryl methyl sites for hydroxylation is 1. The molecule has 0 saturated carbocycles. The normalized spacial score (nSPS) is 10.6. The van der Waals surface area contributed by atoms with Gasteiger partial charge in [-0.2, -0.15) is 5.10 Å². The van der Waals surface area contributed by atoms with Gasteiger partial charge in [0.15, 0.2) is 0 Å². The van der Waals surface area contributed by atoms with Crippen LogP contribution in [0.1, 0.15) is 16.1 Å². The van der Waals surface area contributed by atoms with Gasteiger partial charge in [-0.1, -0.05) is 42.5 Å². The molecule has 4 nitrogen and oxygen atoms in total. The molecule has 0 aliphatic carbocycles. The van der Waals surface area contributed by atoms with Gasteiger partial charge in [-0.05, 0) is 65.3 Å². The van der Waals surface area contributed by atoms with Crippen molar-refractivity contribution in [3.8, 4) is 16.9 Å². The van der Waals surface area contributed by atoms with Crippen LogP contribution in [-0.4, -0.2) is 15.7 Å². The summed E-state index contributed by atoms with van der Waals surface area (Å²) < 4.78 is 2.75. The van der Waals surface area contributed by atoms with Crippen molar-refractivity contribution < 1.29 is 4.79 Å². The summed E-state index contributed by atoms with van der Waals surface area (Å²) in [5, 5.41) is 7.54. The molecule has 0 atom stereocenters. The number of hydrogen-bond acceptors (Lipinski definition) is 2. The molecule has 0 aliphatic heterocycles. The molecular formula is C23H18BrN3O. The predicted molar refractivity (Wildman–Crippen MR) is 116 cm³/mol. The number of carbonyl (C=O) groups excluding carboxylic acids is 1. The summed E-state index contributed by atoms with van der Waals surface area (Å²) in [6.45, 7) is 1.97. The monoisotopic (exact) mass is 431 g/mol. The highest BCUT2D eigenvalue weighted by atomic mass is 79.9. The van der Waals surface area contributed by atoms with Crippen LogP contribution in [0.15, 0.2) is 89.4 Å². The fourth-order valence-electron chi connectivity index (χ4n) is 3.02. The van der Waals surface area contributed by atoms with Gasteiger partial charge in [-0.3, -0.25) is 4.79 Å². The van der Waals surface area contributed by atoms with Gasteiger partial charge < -0.3 is 5.32 Å². The van der Waals surface area contributed by atoms with Gasteiger partial charge in [0.1, 0.15) is 0 Å². The molecule has 0 saturated heterocycles. The SMILES string of the molecule is Cc1cc(-c2ccccc2)n(-c2ccc(C(=O)Nc3ccccc3Br)cc2)n1. The van der Waals surface area contributed by atoms with E-state index in [1.54, 1.807) is 0 Å². The fourth-order valence-corrected chi connectivity index (χ4v) is 3.41. The summed E-state index contributed by atoms with van der Waals surface area (Å²) in [4.78, 5) is 12.6. The standard InChI is InChI=1S/C23H18BrN3O/c1-16-15-22(17-7-3-2-4-8-17)27(26-16)19-13-11-18(12-14-19)23(28)25-21-10-6-5-9-20(21)24/h2-15H,1H3,(H,25,28). The van der Waals surface area contributed by atoms with Gasteiger partial charge in [0, 0.05) is 15.6 Å². The second-order valence-electron chi connectivity index (χ2n) is 6.43. The van der Waals surface area contributed by atoms with Crippen molar-refractivity contribution >= 4 is 27.5 Å². The Hall–Kier alpha value is -3.18. The lowest BCUT2D eigenvalue weighted by Gasteiger charge is -2.10. The van der Waals surface area contributed by atoms with E-state index in [0.29, 0.717) is 5.56 Å². The maximum absolute atomic E-state index is 12.6. The number of carbonyl (C=O) groups is 1. The maximum Gasteiger partial charge on any atom is 0.255 e. The first kappa shape index (κ1) is 18.2. The Balaban J connectivity index is 1.61. The first-order valence-corrected chi connectivity index (χ1v) is 9.69. The Kier molecular flexibility index (Phi) is 5.08. The summed E-state index contributed by atoms with van der Waals surface area (Å²) in [6, 6.07) is 27.2. The summed E-state index contributed by atoms with van der Waals surface area (Å²) in [5.41, 5.74) is 5.29. The molecule has 0 aliphatic rings. The van der Waals surface area contributed by atoms with Crippen LogP contribution in [0, 0.1) is 6.92 Å². The molecular weight excluding hydrogens is 414 g/mol. The first-order valence-electron chi connectivity index (χ1n) is 8.90. The number of anilines is 1. The lowest BCUT2D eigenvalue weighted by Crippen LogP contribution is -2.12. The van der Waals surface area contributed by atoms with E-state index < -0.39 is 0 Å². The zero-order chi connectivity index (χ0) is 19.5. The van der Waals surface area contributed by atoms with Crippen molar-refractivity contribution in [2.24, 2.45) is 0 Å². The van der Waals surface area contributed by atoms with Crippen LogP contribution in [0.5, 0.6) is 0 Å². The molecule has 1 amide bonds. The van der Waals surface area contributed by atoms with Crippen molar-refractivity contribution in [2.45, 2.75) is 6.92 Å². The second kappa shape index (κ2) is 7.82. The van der Waals surface area contributed by atoms with E-state index in [1.807, 2.05) is 78.3 Å². The van der Waals surface area contributed by atoms with E-state index in [2.05, 4.69) is 44.5 Å². The van der Waals surface area contributed by atoms with Crippen molar-refractivity contribution in [3.05, 3.63) is 101 Å². The van der Waals surface area contributed by atoms with Crippen LogP contribution in [0.4, 0.5) is 5.69 Å². The summed E-state index contributed by atoms with van der Waals surface area (Å²) >= 11 is 3.45. The van der Waals surface area contributed by atoms with Gasteiger partial charge in [-0.15, -0.1) is 0 Å². The summed E-state index contributed by atoms with van der Waals surface area (Å²) in [7, 11) is 0. The fraction of sp³-hybridized carbons (Fsp3) is 0.0435. The van der Waals surface area contributed by atoms with Gasteiger partial charge >= 0.3 is 0 Å². The second-order valence-corrected chi connectivity index (χ2v) is 7.28. The minimum atomic E-state index is -0.154. The Labute approximate surface area is 172 Å². The third-order valence-electron chi connectivity index (χ3n) is 4.40. The van der Waals surface area contributed by atoms with Crippen molar-refractivity contribution in [2.75, 3.05) is 5.32 Å². The molecule has 0 bridgehead atoms. The summed E-state index contributed by atoms with van der Waals surface area (Å²) in [5.74, 6) is -0.154. The third-order valence-corrected chi connectivity index (χ3v) is 5.09. The van der Waals surface area contributed by atoms with Gasteiger partial charge in [-0.25, -0.2) is 4.68 Å². The lowest BCUT2D eigenvalue weighted by molar-refractivity contribution is 0.102. The third kappa shape index (κ3) is 3.75. The predicted octanol–water partition coefficient (Wildman–Crippen LogP) is 5.86. The highest BCUT2D eigenvalue weighted by Gasteiger charge is 2.12. The summed E-state index contributed by atoms with van der Waals surface area (Å²) in [6.07, 6.45) is 0. The number of rotatable bonds is 4. The molecule has 1 N–H and O–H groups in total. The Morgan fingerprint density at radius 1 is 0.929 bits per heavy atom. The average molecular weight is 432 g/mol. The quantitative estimate of drug-likeness (QED) is 0.439. The van der Waals surface area contributed by atoms with E-state index >= 15 is 0 Å². The van der Waals surface area contributed by atoms with Crippen LogP contribution in [0.25, 0.3) is 16.9 Å². The number of nitrogens with one attached hydrogen (secondary N) is 1. The van der Waals surface area contributed by atoms with E-state index in [1.165, 1.54) is 0 Å². The van der Waals surface area contributed by atoms with E-state index in [9.17, 15) is 4.79 Å². The van der Waals surface area contributed by atoms with Gasteiger partial charge in [0.05, 0.1) is 22.8 Å². The molecule has 0 radical (unpaired) electrons. The van der Waals surface area contributed by atoms with Gasteiger partial charge in [0.25, 0.3) is 5.91 Å².